The lowest BCUT2D eigenvalue weighted by Crippen LogP contribution is -2.02. The average Bonchev–Trinajstić information content (AvgIpc) is 2.99. The Morgan fingerprint density at radius 1 is 1.00 bits per heavy atom. The smallest absolute Gasteiger partial charge is 0.138 e. The minimum atomic E-state index is -0.760. The second-order valence-corrected chi connectivity index (χ2v) is 6.36. The SMILES string of the molecule is OC(c1ccc(Cl)cc1)c1cc2c3c(ccc2o1)CCCC3. The summed E-state index contributed by atoms with van der Waals surface area (Å²) in [4.78, 5) is 0. The number of aliphatic hydroxyl groups is 1. The van der Waals surface area contributed by atoms with Gasteiger partial charge < -0.3 is 9.52 Å². The Balaban J connectivity index is 1.77. The molecule has 2 aromatic carbocycles. The first-order valence-corrected chi connectivity index (χ1v) is 8.08. The van der Waals surface area contributed by atoms with Crippen LogP contribution in [0.5, 0.6) is 0 Å². The van der Waals surface area contributed by atoms with Crippen molar-refractivity contribution in [3.05, 3.63) is 69.9 Å². The summed E-state index contributed by atoms with van der Waals surface area (Å²) in [7, 11) is 0. The summed E-state index contributed by atoms with van der Waals surface area (Å²) >= 11 is 5.90. The third kappa shape index (κ3) is 2.33. The number of aliphatic hydroxyl groups excluding tert-OH is 1. The Bertz CT molecular complexity index is 817. The van der Waals surface area contributed by atoms with Crippen molar-refractivity contribution in [1.29, 1.82) is 0 Å². The molecule has 0 aliphatic heterocycles. The van der Waals surface area contributed by atoms with Gasteiger partial charge in [-0.2, -0.15) is 0 Å². The van der Waals surface area contributed by atoms with E-state index < -0.39 is 6.10 Å². The quantitative estimate of drug-likeness (QED) is 0.718. The molecule has 0 spiro atoms. The molecule has 4 rings (SSSR count). The zero-order chi connectivity index (χ0) is 15.1. The van der Waals surface area contributed by atoms with Crippen molar-refractivity contribution in [2.24, 2.45) is 0 Å². The van der Waals surface area contributed by atoms with Crippen LogP contribution in [0, 0.1) is 0 Å². The van der Waals surface area contributed by atoms with Crippen LogP contribution in [0.25, 0.3) is 11.0 Å². The third-order valence-electron chi connectivity index (χ3n) is 4.51. The molecule has 1 unspecified atom stereocenters. The zero-order valence-electron chi connectivity index (χ0n) is 12.2. The molecule has 1 aliphatic carbocycles. The van der Waals surface area contributed by atoms with Crippen molar-refractivity contribution in [1.82, 2.24) is 0 Å². The van der Waals surface area contributed by atoms with Crippen LogP contribution in [0.4, 0.5) is 0 Å². The highest BCUT2D eigenvalue weighted by Gasteiger charge is 2.19. The lowest BCUT2D eigenvalue weighted by molar-refractivity contribution is 0.192. The van der Waals surface area contributed by atoms with Crippen molar-refractivity contribution in [3.63, 3.8) is 0 Å². The maximum atomic E-state index is 10.6. The number of benzene rings is 2. The largest absolute Gasteiger partial charge is 0.458 e. The normalized spacial score (nSPS) is 15.7. The van der Waals surface area contributed by atoms with Gasteiger partial charge in [0.15, 0.2) is 0 Å². The van der Waals surface area contributed by atoms with Gasteiger partial charge in [-0.15, -0.1) is 0 Å². The van der Waals surface area contributed by atoms with E-state index in [1.54, 1.807) is 12.1 Å². The molecular formula is C19H17ClO2. The fraction of sp³-hybridized carbons (Fsp3) is 0.263. The van der Waals surface area contributed by atoms with Crippen LogP contribution in [0.3, 0.4) is 0 Å². The molecule has 112 valence electrons. The second-order valence-electron chi connectivity index (χ2n) is 5.93. The summed E-state index contributed by atoms with van der Waals surface area (Å²) < 4.78 is 5.90. The number of hydrogen-bond donors (Lipinski definition) is 1. The lowest BCUT2D eigenvalue weighted by Gasteiger charge is -2.15. The summed E-state index contributed by atoms with van der Waals surface area (Å²) in [6.45, 7) is 0. The van der Waals surface area contributed by atoms with Gasteiger partial charge in [-0.1, -0.05) is 29.8 Å². The Hall–Kier alpha value is -1.77. The first-order chi connectivity index (χ1) is 10.7. The number of furan rings is 1. The van der Waals surface area contributed by atoms with Gasteiger partial charge in [-0.3, -0.25) is 0 Å². The molecule has 1 aliphatic rings. The van der Waals surface area contributed by atoms with Gasteiger partial charge in [0.05, 0.1) is 0 Å². The molecule has 0 fully saturated rings. The van der Waals surface area contributed by atoms with Crippen molar-refractivity contribution in [2.45, 2.75) is 31.8 Å². The topological polar surface area (TPSA) is 33.4 Å². The number of aryl methyl sites for hydroxylation is 2. The molecule has 2 nitrogen and oxygen atoms in total. The van der Waals surface area contributed by atoms with E-state index in [1.807, 2.05) is 24.3 Å². The first-order valence-electron chi connectivity index (χ1n) is 7.70. The Morgan fingerprint density at radius 2 is 1.77 bits per heavy atom. The highest BCUT2D eigenvalue weighted by atomic mass is 35.5. The fourth-order valence-electron chi connectivity index (χ4n) is 3.33. The van der Waals surface area contributed by atoms with Crippen LogP contribution in [-0.4, -0.2) is 5.11 Å². The van der Waals surface area contributed by atoms with E-state index in [0.29, 0.717) is 10.8 Å². The van der Waals surface area contributed by atoms with Crippen molar-refractivity contribution in [2.75, 3.05) is 0 Å². The number of fused-ring (bicyclic) bond motifs is 3. The Morgan fingerprint density at radius 3 is 2.59 bits per heavy atom. The van der Waals surface area contributed by atoms with Crippen LogP contribution in [-0.2, 0) is 12.8 Å². The van der Waals surface area contributed by atoms with Crippen LogP contribution in [0.1, 0.15) is 41.4 Å². The Kier molecular flexibility index (Phi) is 3.44. The Labute approximate surface area is 134 Å². The molecule has 3 aromatic rings. The molecule has 3 heteroatoms. The molecule has 0 radical (unpaired) electrons. The van der Waals surface area contributed by atoms with E-state index in [2.05, 4.69) is 6.07 Å². The number of halogens is 1. The van der Waals surface area contributed by atoms with E-state index in [9.17, 15) is 5.11 Å². The van der Waals surface area contributed by atoms with Crippen molar-refractivity contribution in [3.8, 4) is 0 Å². The predicted molar refractivity (Wildman–Crippen MR) is 88.4 cm³/mol. The van der Waals surface area contributed by atoms with Gasteiger partial charge in [-0.05, 0) is 66.6 Å². The van der Waals surface area contributed by atoms with Gasteiger partial charge in [-0.25, -0.2) is 0 Å². The number of rotatable bonds is 2. The molecule has 22 heavy (non-hydrogen) atoms. The van der Waals surface area contributed by atoms with E-state index in [1.165, 1.54) is 24.0 Å². The van der Waals surface area contributed by atoms with Crippen LogP contribution < -0.4 is 0 Å². The molecule has 0 saturated heterocycles. The van der Waals surface area contributed by atoms with Crippen LogP contribution >= 0.6 is 11.6 Å². The van der Waals surface area contributed by atoms with E-state index in [4.69, 9.17) is 16.0 Å². The highest BCUT2D eigenvalue weighted by molar-refractivity contribution is 6.30. The summed E-state index contributed by atoms with van der Waals surface area (Å²) in [5, 5.41) is 12.4. The molecule has 1 N–H and O–H groups in total. The molecule has 1 heterocycles. The summed E-state index contributed by atoms with van der Waals surface area (Å²) in [5.41, 5.74) is 4.47. The van der Waals surface area contributed by atoms with Gasteiger partial charge in [0.1, 0.15) is 17.4 Å². The predicted octanol–water partition coefficient (Wildman–Crippen LogP) is 5.05. The standard InChI is InChI=1S/C19H17ClO2/c20-14-8-5-13(6-9-14)19(21)18-11-16-15-4-2-1-3-12(15)7-10-17(16)22-18/h5-11,19,21H,1-4H2. The van der Waals surface area contributed by atoms with Crippen molar-refractivity contribution >= 4 is 22.6 Å². The average molecular weight is 313 g/mol. The monoisotopic (exact) mass is 312 g/mol. The summed E-state index contributed by atoms with van der Waals surface area (Å²) in [6, 6.07) is 13.4. The molecule has 0 saturated carbocycles. The summed E-state index contributed by atoms with van der Waals surface area (Å²) in [6.07, 6.45) is 3.97. The van der Waals surface area contributed by atoms with E-state index in [0.717, 1.165) is 29.4 Å². The third-order valence-corrected chi connectivity index (χ3v) is 4.76. The zero-order valence-corrected chi connectivity index (χ0v) is 12.9. The first kappa shape index (κ1) is 13.9. The van der Waals surface area contributed by atoms with Crippen LogP contribution in [0.2, 0.25) is 5.02 Å². The van der Waals surface area contributed by atoms with Gasteiger partial charge >= 0.3 is 0 Å². The highest BCUT2D eigenvalue weighted by Crippen LogP contribution is 2.34. The summed E-state index contributed by atoms with van der Waals surface area (Å²) in [5.74, 6) is 0.594. The van der Waals surface area contributed by atoms with Crippen molar-refractivity contribution < 1.29 is 9.52 Å². The van der Waals surface area contributed by atoms with Gasteiger partial charge in [0.2, 0.25) is 0 Å². The second kappa shape index (κ2) is 5.45. The molecule has 0 amide bonds. The van der Waals surface area contributed by atoms with E-state index >= 15 is 0 Å². The molecule has 0 bridgehead atoms. The van der Waals surface area contributed by atoms with Gasteiger partial charge in [0.25, 0.3) is 0 Å². The molecule has 1 atom stereocenters. The maximum absolute atomic E-state index is 10.6. The van der Waals surface area contributed by atoms with Crippen LogP contribution in [0.15, 0.2) is 46.9 Å². The fourth-order valence-corrected chi connectivity index (χ4v) is 3.45. The van der Waals surface area contributed by atoms with E-state index in [-0.39, 0.29) is 0 Å². The molecular weight excluding hydrogens is 296 g/mol. The lowest BCUT2D eigenvalue weighted by atomic mass is 9.89. The molecule has 1 aromatic heterocycles. The minimum Gasteiger partial charge on any atom is -0.458 e. The van der Waals surface area contributed by atoms with Gasteiger partial charge in [0, 0.05) is 10.4 Å². The number of hydrogen-bond acceptors (Lipinski definition) is 2. The minimum absolute atomic E-state index is 0.594. The maximum Gasteiger partial charge on any atom is 0.138 e.